The van der Waals surface area contributed by atoms with Gasteiger partial charge in [0.25, 0.3) is 0 Å². The Labute approximate surface area is 91.9 Å². The van der Waals surface area contributed by atoms with Gasteiger partial charge in [-0.3, -0.25) is 0 Å². The van der Waals surface area contributed by atoms with Crippen LogP contribution in [0.15, 0.2) is 18.2 Å². The molecular formula is C13H20N2. The second kappa shape index (κ2) is 4.23. The maximum Gasteiger partial charge on any atom is 0.0412 e. The van der Waals surface area contributed by atoms with E-state index in [1.807, 2.05) is 0 Å². The average Bonchev–Trinajstić information content (AvgIpc) is 2.50. The van der Waals surface area contributed by atoms with E-state index >= 15 is 0 Å². The highest BCUT2D eigenvalue weighted by Crippen LogP contribution is 2.22. The highest BCUT2D eigenvalue weighted by molar-refractivity contribution is 5.49. The lowest BCUT2D eigenvalue weighted by Gasteiger charge is -2.19. The molecular weight excluding hydrogens is 184 g/mol. The van der Waals surface area contributed by atoms with Crippen molar-refractivity contribution in [3.05, 3.63) is 29.3 Å². The molecule has 1 fully saturated rings. The summed E-state index contributed by atoms with van der Waals surface area (Å²) in [6.07, 6.45) is 3.61. The van der Waals surface area contributed by atoms with Gasteiger partial charge in [-0.2, -0.15) is 0 Å². The van der Waals surface area contributed by atoms with Crippen LogP contribution in [-0.2, 0) is 0 Å². The Kier molecular flexibility index (Phi) is 2.96. The summed E-state index contributed by atoms with van der Waals surface area (Å²) >= 11 is 0. The first-order valence-corrected chi connectivity index (χ1v) is 5.75. The summed E-state index contributed by atoms with van der Waals surface area (Å²) in [5.41, 5.74) is 9.88. The third-order valence-electron chi connectivity index (χ3n) is 3.14. The lowest BCUT2D eigenvalue weighted by Crippen LogP contribution is -2.35. The van der Waals surface area contributed by atoms with Crippen LogP contribution in [0.2, 0.25) is 0 Å². The van der Waals surface area contributed by atoms with Gasteiger partial charge in [0.15, 0.2) is 0 Å². The molecule has 0 aliphatic heterocycles. The smallest absolute Gasteiger partial charge is 0.0412 e. The Hall–Kier alpha value is -1.02. The van der Waals surface area contributed by atoms with Crippen LogP contribution in [-0.4, -0.2) is 12.1 Å². The Morgan fingerprint density at radius 2 is 1.80 bits per heavy atom. The minimum Gasteiger partial charge on any atom is -0.381 e. The molecule has 0 spiro atoms. The van der Waals surface area contributed by atoms with Crippen molar-refractivity contribution in [3.8, 4) is 0 Å². The summed E-state index contributed by atoms with van der Waals surface area (Å²) in [5.74, 6) is 0. The SMILES string of the molecule is Cc1cc(C)cc(N[C@@H]2CCC[C@H]2N)c1. The number of anilines is 1. The molecule has 0 unspecified atom stereocenters. The predicted octanol–water partition coefficient (Wildman–Crippen LogP) is 2.60. The summed E-state index contributed by atoms with van der Waals surface area (Å²) < 4.78 is 0. The first-order chi connectivity index (χ1) is 7.15. The lowest BCUT2D eigenvalue weighted by molar-refractivity contribution is 0.638. The lowest BCUT2D eigenvalue weighted by atomic mass is 10.1. The van der Waals surface area contributed by atoms with Crippen LogP contribution in [0.25, 0.3) is 0 Å². The van der Waals surface area contributed by atoms with Crippen molar-refractivity contribution in [1.82, 2.24) is 0 Å². The summed E-state index contributed by atoms with van der Waals surface area (Å²) in [6.45, 7) is 4.26. The number of benzene rings is 1. The average molecular weight is 204 g/mol. The van der Waals surface area contributed by atoms with Crippen LogP contribution >= 0.6 is 0 Å². The second-order valence-corrected chi connectivity index (χ2v) is 4.72. The van der Waals surface area contributed by atoms with E-state index in [0.717, 1.165) is 6.42 Å². The number of aryl methyl sites for hydroxylation is 2. The van der Waals surface area contributed by atoms with Crippen molar-refractivity contribution in [2.45, 2.75) is 45.2 Å². The molecule has 2 atom stereocenters. The Morgan fingerprint density at radius 3 is 2.33 bits per heavy atom. The maximum atomic E-state index is 6.04. The molecule has 1 aromatic rings. The Bertz CT molecular complexity index is 326. The zero-order valence-corrected chi connectivity index (χ0v) is 9.59. The molecule has 15 heavy (non-hydrogen) atoms. The van der Waals surface area contributed by atoms with Gasteiger partial charge >= 0.3 is 0 Å². The van der Waals surface area contributed by atoms with Crippen LogP contribution in [0, 0.1) is 13.8 Å². The van der Waals surface area contributed by atoms with E-state index in [2.05, 4.69) is 37.4 Å². The monoisotopic (exact) mass is 204 g/mol. The molecule has 0 heterocycles. The predicted molar refractivity (Wildman–Crippen MR) is 65.2 cm³/mol. The number of hydrogen-bond acceptors (Lipinski definition) is 2. The quantitative estimate of drug-likeness (QED) is 0.777. The maximum absolute atomic E-state index is 6.04. The van der Waals surface area contributed by atoms with Crippen molar-refractivity contribution < 1.29 is 0 Å². The van der Waals surface area contributed by atoms with Gasteiger partial charge in [-0.1, -0.05) is 6.07 Å². The summed E-state index contributed by atoms with van der Waals surface area (Å²) in [7, 11) is 0. The summed E-state index contributed by atoms with van der Waals surface area (Å²) in [5, 5.41) is 3.55. The third kappa shape index (κ3) is 2.51. The molecule has 0 saturated heterocycles. The topological polar surface area (TPSA) is 38.0 Å². The van der Waals surface area contributed by atoms with Crippen molar-refractivity contribution in [2.24, 2.45) is 5.73 Å². The molecule has 1 aliphatic rings. The van der Waals surface area contributed by atoms with Gasteiger partial charge in [-0.25, -0.2) is 0 Å². The number of nitrogens with one attached hydrogen (secondary N) is 1. The number of rotatable bonds is 2. The molecule has 2 nitrogen and oxygen atoms in total. The van der Waals surface area contributed by atoms with Crippen LogP contribution in [0.1, 0.15) is 30.4 Å². The second-order valence-electron chi connectivity index (χ2n) is 4.72. The van der Waals surface area contributed by atoms with Crippen molar-refractivity contribution in [1.29, 1.82) is 0 Å². The van der Waals surface area contributed by atoms with E-state index in [1.54, 1.807) is 0 Å². The van der Waals surface area contributed by atoms with E-state index in [9.17, 15) is 0 Å². The van der Waals surface area contributed by atoms with Gasteiger partial charge in [0.1, 0.15) is 0 Å². The fraction of sp³-hybridized carbons (Fsp3) is 0.538. The van der Waals surface area contributed by atoms with E-state index in [1.165, 1.54) is 29.7 Å². The molecule has 1 aromatic carbocycles. The third-order valence-corrected chi connectivity index (χ3v) is 3.14. The Balaban J connectivity index is 2.10. The zero-order valence-electron chi connectivity index (χ0n) is 9.59. The molecule has 0 bridgehead atoms. The molecule has 1 aliphatic carbocycles. The van der Waals surface area contributed by atoms with E-state index in [-0.39, 0.29) is 0 Å². The molecule has 2 rings (SSSR count). The normalized spacial score (nSPS) is 25.5. The van der Waals surface area contributed by atoms with Gasteiger partial charge in [0, 0.05) is 17.8 Å². The van der Waals surface area contributed by atoms with E-state index in [4.69, 9.17) is 5.73 Å². The van der Waals surface area contributed by atoms with Gasteiger partial charge < -0.3 is 11.1 Å². The Morgan fingerprint density at radius 1 is 1.13 bits per heavy atom. The van der Waals surface area contributed by atoms with Crippen molar-refractivity contribution in [3.63, 3.8) is 0 Å². The van der Waals surface area contributed by atoms with Crippen LogP contribution in [0.5, 0.6) is 0 Å². The van der Waals surface area contributed by atoms with Gasteiger partial charge in [0.2, 0.25) is 0 Å². The number of hydrogen-bond donors (Lipinski definition) is 2. The van der Waals surface area contributed by atoms with Crippen molar-refractivity contribution >= 4 is 5.69 Å². The van der Waals surface area contributed by atoms with Crippen LogP contribution in [0.3, 0.4) is 0 Å². The minimum absolute atomic E-state index is 0.325. The number of nitrogens with two attached hydrogens (primary N) is 1. The highest BCUT2D eigenvalue weighted by Gasteiger charge is 2.23. The fourth-order valence-corrected chi connectivity index (χ4v) is 2.44. The van der Waals surface area contributed by atoms with Gasteiger partial charge in [-0.15, -0.1) is 0 Å². The molecule has 2 heteroatoms. The molecule has 0 aromatic heterocycles. The zero-order chi connectivity index (χ0) is 10.8. The van der Waals surface area contributed by atoms with E-state index < -0.39 is 0 Å². The minimum atomic E-state index is 0.325. The first kappa shape index (κ1) is 10.5. The van der Waals surface area contributed by atoms with Gasteiger partial charge in [0.05, 0.1) is 0 Å². The molecule has 82 valence electrons. The first-order valence-electron chi connectivity index (χ1n) is 5.75. The van der Waals surface area contributed by atoms with Crippen LogP contribution in [0.4, 0.5) is 5.69 Å². The molecule has 0 amide bonds. The molecule has 3 N–H and O–H groups in total. The van der Waals surface area contributed by atoms with Crippen molar-refractivity contribution in [2.75, 3.05) is 5.32 Å². The largest absolute Gasteiger partial charge is 0.381 e. The standard InChI is InChI=1S/C13H20N2/c1-9-6-10(2)8-11(7-9)15-13-5-3-4-12(13)14/h6-8,12-13,15H,3-5,14H2,1-2H3/t12-,13-/m1/s1. The molecule has 0 radical (unpaired) electrons. The van der Waals surface area contributed by atoms with E-state index in [0.29, 0.717) is 12.1 Å². The van der Waals surface area contributed by atoms with Crippen LogP contribution < -0.4 is 11.1 Å². The highest BCUT2D eigenvalue weighted by atomic mass is 15.0. The van der Waals surface area contributed by atoms with Gasteiger partial charge in [-0.05, 0) is 56.4 Å². The summed E-state index contributed by atoms with van der Waals surface area (Å²) in [6, 6.07) is 7.37. The summed E-state index contributed by atoms with van der Waals surface area (Å²) in [4.78, 5) is 0. The molecule has 1 saturated carbocycles. The fourth-order valence-electron chi connectivity index (χ4n) is 2.44.